The van der Waals surface area contributed by atoms with Gasteiger partial charge < -0.3 is 15.1 Å². The molecular weight excluding hydrogens is 264 g/mol. The smallest absolute Gasteiger partial charge is 0.259 e. The number of fused-ring (bicyclic) bond motifs is 1. The Morgan fingerprint density at radius 2 is 2.21 bits per heavy atom. The molecule has 0 saturated heterocycles. The Balaban J connectivity index is 1.87. The van der Waals surface area contributed by atoms with E-state index in [4.69, 9.17) is 21.8 Å². The van der Waals surface area contributed by atoms with Gasteiger partial charge in [-0.25, -0.2) is 0 Å². The number of amides is 1. The number of carbonyl (C=O) groups is 1. The van der Waals surface area contributed by atoms with Crippen molar-refractivity contribution in [3.05, 3.63) is 52.4 Å². The fourth-order valence-corrected chi connectivity index (χ4v) is 2.62. The van der Waals surface area contributed by atoms with Crippen LogP contribution in [-0.2, 0) is 13.0 Å². The summed E-state index contributed by atoms with van der Waals surface area (Å²) >= 11 is 5.85. The zero-order valence-electron chi connectivity index (χ0n) is 10.2. The number of hydrogen-bond acceptors (Lipinski definition) is 3. The zero-order valence-corrected chi connectivity index (χ0v) is 11.0. The van der Waals surface area contributed by atoms with Gasteiger partial charge in [0.1, 0.15) is 0 Å². The molecule has 1 aromatic heterocycles. The molecule has 2 N–H and O–H groups in total. The number of furan rings is 1. The van der Waals surface area contributed by atoms with E-state index >= 15 is 0 Å². The van der Waals surface area contributed by atoms with Crippen LogP contribution in [-0.4, -0.2) is 17.4 Å². The molecule has 1 aliphatic rings. The quantitative estimate of drug-likeness (QED) is 0.815. The molecule has 2 aromatic rings. The van der Waals surface area contributed by atoms with Gasteiger partial charge in [0.15, 0.2) is 0 Å². The minimum atomic E-state index is -0.105. The monoisotopic (exact) mass is 276 g/mol. The molecule has 98 valence electrons. The highest BCUT2D eigenvalue weighted by molar-refractivity contribution is 6.32. The van der Waals surface area contributed by atoms with Gasteiger partial charge in [-0.05, 0) is 41.3 Å². The van der Waals surface area contributed by atoms with Gasteiger partial charge in [-0.2, -0.15) is 0 Å². The van der Waals surface area contributed by atoms with E-state index in [0.717, 1.165) is 23.2 Å². The second-order valence-corrected chi connectivity index (χ2v) is 4.91. The highest BCUT2D eigenvalue weighted by atomic mass is 35.5. The largest absolute Gasteiger partial charge is 0.452 e. The van der Waals surface area contributed by atoms with Crippen molar-refractivity contribution in [2.45, 2.75) is 13.0 Å². The first-order valence-electron chi connectivity index (χ1n) is 6.05. The molecule has 1 amide bonds. The van der Waals surface area contributed by atoms with Crippen LogP contribution in [0.2, 0.25) is 5.22 Å². The molecule has 2 heterocycles. The van der Waals surface area contributed by atoms with Gasteiger partial charge in [0.2, 0.25) is 5.22 Å². The fourth-order valence-electron chi connectivity index (χ4n) is 2.43. The average molecular weight is 277 g/mol. The van der Waals surface area contributed by atoms with E-state index in [2.05, 4.69) is 0 Å². The molecule has 3 rings (SSSR count). The Morgan fingerprint density at radius 1 is 1.37 bits per heavy atom. The minimum Gasteiger partial charge on any atom is -0.452 e. The van der Waals surface area contributed by atoms with Crippen LogP contribution >= 0.6 is 11.6 Å². The number of halogens is 1. The van der Waals surface area contributed by atoms with Crippen LogP contribution in [0.4, 0.5) is 5.69 Å². The Kier molecular flexibility index (Phi) is 2.95. The molecule has 0 fully saturated rings. The first kappa shape index (κ1) is 12.1. The van der Waals surface area contributed by atoms with Crippen molar-refractivity contribution < 1.29 is 9.21 Å². The first-order valence-corrected chi connectivity index (χ1v) is 6.43. The van der Waals surface area contributed by atoms with Crippen LogP contribution in [0.1, 0.15) is 21.5 Å². The number of nitrogens with zero attached hydrogens (tertiary/aromatic N) is 1. The highest BCUT2D eigenvalue weighted by Gasteiger charge is 2.25. The predicted octanol–water partition coefficient (Wildman–Crippen LogP) is 2.71. The molecule has 4 nitrogen and oxygen atoms in total. The molecule has 1 aromatic carbocycles. The maximum absolute atomic E-state index is 12.3. The van der Waals surface area contributed by atoms with Crippen molar-refractivity contribution in [3.8, 4) is 0 Å². The van der Waals surface area contributed by atoms with Gasteiger partial charge in [-0.15, -0.1) is 0 Å². The zero-order chi connectivity index (χ0) is 13.4. The molecule has 5 heteroatoms. The van der Waals surface area contributed by atoms with Crippen LogP contribution in [0.5, 0.6) is 0 Å². The summed E-state index contributed by atoms with van der Waals surface area (Å²) in [5.41, 5.74) is 9.39. The van der Waals surface area contributed by atoms with Crippen molar-refractivity contribution >= 4 is 23.2 Å². The summed E-state index contributed by atoms with van der Waals surface area (Å²) in [7, 11) is 0. The predicted molar refractivity (Wildman–Crippen MR) is 73.0 cm³/mol. The highest BCUT2D eigenvalue weighted by Crippen LogP contribution is 2.26. The molecule has 0 atom stereocenters. The Labute approximate surface area is 115 Å². The van der Waals surface area contributed by atoms with E-state index in [1.54, 1.807) is 11.0 Å². The fraction of sp³-hybridized carbons (Fsp3) is 0.214. The van der Waals surface area contributed by atoms with E-state index in [1.807, 2.05) is 18.2 Å². The Hall–Kier alpha value is -1.94. The lowest BCUT2D eigenvalue weighted by atomic mass is 9.97. The minimum absolute atomic E-state index is 0.105. The van der Waals surface area contributed by atoms with Gasteiger partial charge in [0, 0.05) is 18.8 Å². The second kappa shape index (κ2) is 4.63. The van der Waals surface area contributed by atoms with Crippen LogP contribution in [0.15, 0.2) is 34.9 Å². The number of hydrogen-bond donors (Lipinski definition) is 1. The van der Waals surface area contributed by atoms with Gasteiger partial charge in [-0.3, -0.25) is 4.79 Å². The third-order valence-electron chi connectivity index (χ3n) is 3.44. The number of nitrogens with two attached hydrogens (primary N) is 1. The third-order valence-corrected chi connectivity index (χ3v) is 3.73. The molecule has 0 bridgehead atoms. The standard InChI is InChI=1S/C14H13ClN2O2/c15-13-11(5-7-19-13)14(18)17-6-4-10-9(8-17)2-1-3-12(10)16/h1-3,5,7H,4,6,8,16H2. The molecule has 19 heavy (non-hydrogen) atoms. The molecule has 1 aliphatic heterocycles. The van der Waals surface area contributed by atoms with Crippen LogP contribution in [0.25, 0.3) is 0 Å². The lowest BCUT2D eigenvalue weighted by molar-refractivity contribution is 0.0734. The maximum Gasteiger partial charge on any atom is 0.259 e. The summed E-state index contributed by atoms with van der Waals surface area (Å²) < 4.78 is 4.96. The molecule has 0 unspecified atom stereocenters. The SMILES string of the molecule is Nc1cccc2c1CCN(C(=O)c1ccoc1Cl)C2. The van der Waals surface area contributed by atoms with E-state index in [-0.39, 0.29) is 11.1 Å². The average Bonchev–Trinajstić information content (AvgIpc) is 2.84. The van der Waals surface area contributed by atoms with Crippen LogP contribution in [0.3, 0.4) is 0 Å². The lowest BCUT2D eigenvalue weighted by Gasteiger charge is -2.29. The number of carbonyl (C=O) groups excluding carboxylic acids is 1. The summed E-state index contributed by atoms with van der Waals surface area (Å²) in [6.07, 6.45) is 2.19. The Bertz CT molecular complexity index is 636. The van der Waals surface area contributed by atoms with E-state index < -0.39 is 0 Å². The first-order chi connectivity index (χ1) is 9.16. The summed E-state index contributed by atoms with van der Waals surface area (Å²) in [6, 6.07) is 7.40. The summed E-state index contributed by atoms with van der Waals surface area (Å²) in [5.74, 6) is -0.105. The molecular formula is C14H13ClN2O2. The topological polar surface area (TPSA) is 59.5 Å². The van der Waals surface area contributed by atoms with E-state index in [9.17, 15) is 4.79 Å². The maximum atomic E-state index is 12.3. The normalized spacial score (nSPS) is 14.3. The molecule has 0 radical (unpaired) electrons. The lowest BCUT2D eigenvalue weighted by Crippen LogP contribution is -2.36. The van der Waals surface area contributed by atoms with Gasteiger partial charge in [0.05, 0.1) is 11.8 Å². The number of rotatable bonds is 1. The molecule has 0 saturated carbocycles. The van der Waals surface area contributed by atoms with Gasteiger partial charge in [0.25, 0.3) is 5.91 Å². The van der Waals surface area contributed by atoms with Crippen molar-refractivity contribution in [3.63, 3.8) is 0 Å². The van der Waals surface area contributed by atoms with Gasteiger partial charge in [-0.1, -0.05) is 12.1 Å². The number of benzene rings is 1. The summed E-state index contributed by atoms with van der Waals surface area (Å²) in [4.78, 5) is 14.1. The van der Waals surface area contributed by atoms with Crippen molar-refractivity contribution in [1.82, 2.24) is 4.90 Å². The second-order valence-electron chi connectivity index (χ2n) is 4.57. The molecule has 0 aliphatic carbocycles. The summed E-state index contributed by atoms with van der Waals surface area (Å²) in [6.45, 7) is 1.20. The van der Waals surface area contributed by atoms with Gasteiger partial charge >= 0.3 is 0 Å². The van der Waals surface area contributed by atoms with Crippen LogP contribution in [0, 0.1) is 0 Å². The van der Waals surface area contributed by atoms with Crippen molar-refractivity contribution in [2.75, 3.05) is 12.3 Å². The molecule has 0 spiro atoms. The van der Waals surface area contributed by atoms with Crippen molar-refractivity contribution in [2.24, 2.45) is 0 Å². The summed E-state index contributed by atoms with van der Waals surface area (Å²) in [5, 5.41) is 0.142. The van der Waals surface area contributed by atoms with E-state index in [0.29, 0.717) is 18.7 Å². The number of nitrogen functional groups attached to an aromatic ring is 1. The number of anilines is 1. The van der Waals surface area contributed by atoms with Crippen LogP contribution < -0.4 is 5.73 Å². The van der Waals surface area contributed by atoms with E-state index in [1.165, 1.54) is 6.26 Å². The van der Waals surface area contributed by atoms with Crippen molar-refractivity contribution in [1.29, 1.82) is 0 Å². The third kappa shape index (κ3) is 2.08. The Morgan fingerprint density at radius 3 is 2.95 bits per heavy atom.